The molecule has 116 valence electrons. The van der Waals surface area contributed by atoms with Crippen LogP contribution in [0.3, 0.4) is 0 Å². The molecule has 22 heavy (non-hydrogen) atoms. The fourth-order valence-electron chi connectivity index (χ4n) is 2.78. The second-order valence-corrected chi connectivity index (χ2v) is 5.71. The minimum Gasteiger partial charge on any atom is -0.322 e. The molecule has 1 aromatic rings. The highest BCUT2D eigenvalue weighted by molar-refractivity contribution is 6.34. The molecule has 1 fully saturated rings. The molecule has 0 saturated heterocycles. The number of amides is 1. The molecule has 1 aliphatic carbocycles. The number of nitro groups is 1. The van der Waals surface area contributed by atoms with Gasteiger partial charge in [0.15, 0.2) is 0 Å². The Morgan fingerprint density at radius 2 is 2.09 bits per heavy atom. The summed E-state index contributed by atoms with van der Waals surface area (Å²) in [6.07, 6.45) is 4.96. The Morgan fingerprint density at radius 3 is 2.64 bits per heavy atom. The van der Waals surface area contributed by atoms with Gasteiger partial charge in [-0.3, -0.25) is 14.9 Å². The van der Waals surface area contributed by atoms with E-state index in [2.05, 4.69) is 0 Å². The predicted molar refractivity (Wildman–Crippen MR) is 81.6 cm³/mol. The van der Waals surface area contributed by atoms with Gasteiger partial charge in [0.1, 0.15) is 6.54 Å². The summed E-state index contributed by atoms with van der Waals surface area (Å²) in [6, 6.07) is 5.83. The van der Waals surface area contributed by atoms with Gasteiger partial charge >= 0.3 is 0 Å². The first kappa shape index (κ1) is 16.2. The van der Waals surface area contributed by atoms with Crippen molar-refractivity contribution in [1.29, 1.82) is 5.26 Å². The van der Waals surface area contributed by atoms with Crippen LogP contribution in [0.25, 0.3) is 0 Å². The van der Waals surface area contributed by atoms with Gasteiger partial charge < -0.3 is 4.90 Å². The van der Waals surface area contributed by atoms with Crippen LogP contribution in [0.1, 0.15) is 42.5 Å². The molecule has 0 aromatic heterocycles. The maximum atomic E-state index is 12.7. The van der Waals surface area contributed by atoms with Crippen LogP contribution in [0.2, 0.25) is 5.02 Å². The van der Waals surface area contributed by atoms with Crippen molar-refractivity contribution in [2.75, 3.05) is 6.54 Å². The molecule has 1 aromatic carbocycles. The summed E-state index contributed by atoms with van der Waals surface area (Å²) in [7, 11) is 0. The van der Waals surface area contributed by atoms with Crippen molar-refractivity contribution in [2.45, 2.75) is 38.1 Å². The van der Waals surface area contributed by atoms with E-state index in [0.717, 1.165) is 32.1 Å². The number of nitro benzene ring substituents is 1. The molecule has 0 spiro atoms. The van der Waals surface area contributed by atoms with Crippen LogP contribution in [0.4, 0.5) is 5.69 Å². The quantitative estimate of drug-likeness (QED) is 0.482. The summed E-state index contributed by atoms with van der Waals surface area (Å²) in [5.74, 6) is -0.339. The fourth-order valence-corrected chi connectivity index (χ4v) is 3.04. The van der Waals surface area contributed by atoms with E-state index in [0.29, 0.717) is 0 Å². The van der Waals surface area contributed by atoms with Gasteiger partial charge in [-0.15, -0.1) is 0 Å². The third-order valence-corrected chi connectivity index (χ3v) is 4.22. The van der Waals surface area contributed by atoms with Gasteiger partial charge in [-0.2, -0.15) is 5.26 Å². The van der Waals surface area contributed by atoms with Crippen molar-refractivity contribution in [1.82, 2.24) is 4.90 Å². The van der Waals surface area contributed by atoms with E-state index in [9.17, 15) is 14.9 Å². The van der Waals surface area contributed by atoms with Crippen LogP contribution in [-0.4, -0.2) is 28.3 Å². The van der Waals surface area contributed by atoms with E-state index in [1.165, 1.54) is 23.1 Å². The first-order valence-corrected chi connectivity index (χ1v) is 7.54. The largest absolute Gasteiger partial charge is 0.322 e. The molecule has 0 radical (unpaired) electrons. The Hall–Kier alpha value is -2.13. The SMILES string of the molecule is N#CCN(C(=O)c1ccc([N+](=O)[O-])cc1Cl)C1CCCCC1. The Morgan fingerprint density at radius 1 is 1.41 bits per heavy atom. The van der Waals surface area contributed by atoms with Crippen LogP contribution in [-0.2, 0) is 0 Å². The highest BCUT2D eigenvalue weighted by Crippen LogP contribution is 2.27. The van der Waals surface area contributed by atoms with Gasteiger partial charge in [-0.25, -0.2) is 0 Å². The number of carbonyl (C=O) groups excluding carboxylic acids is 1. The summed E-state index contributed by atoms with van der Waals surface area (Å²) in [5, 5.41) is 19.7. The van der Waals surface area contributed by atoms with Crippen LogP contribution >= 0.6 is 11.6 Å². The standard InChI is InChI=1S/C15H16ClN3O3/c16-14-10-12(19(21)22)6-7-13(14)15(20)18(9-8-17)11-4-2-1-3-5-11/h6-7,10-11H,1-5,9H2. The summed E-state index contributed by atoms with van der Waals surface area (Å²) in [4.78, 5) is 24.4. The number of halogens is 1. The third kappa shape index (κ3) is 3.55. The molecule has 1 aliphatic rings. The van der Waals surface area contributed by atoms with Gasteiger partial charge in [-0.05, 0) is 18.9 Å². The van der Waals surface area contributed by atoms with Crippen LogP contribution in [0.5, 0.6) is 0 Å². The lowest BCUT2D eigenvalue weighted by Crippen LogP contribution is -2.41. The van der Waals surface area contributed by atoms with Crippen LogP contribution < -0.4 is 0 Å². The third-order valence-electron chi connectivity index (χ3n) is 3.91. The van der Waals surface area contributed by atoms with Crippen LogP contribution in [0.15, 0.2) is 18.2 Å². The van der Waals surface area contributed by atoms with Crippen molar-refractivity contribution in [3.63, 3.8) is 0 Å². The molecule has 0 heterocycles. The number of non-ortho nitro benzene ring substituents is 1. The first-order chi connectivity index (χ1) is 10.5. The minimum atomic E-state index is -0.561. The molecule has 2 rings (SSSR count). The molecular formula is C15H16ClN3O3. The normalized spacial score (nSPS) is 15.1. The van der Waals surface area contributed by atoms with Crippen molar-refractivity contribution in [2.24, 2.45) is 0 Å². The Bertz CT molecular complexity index is 621. The van der Waals surface area contributed by atoms with Crippen molar-refractivity contribution in [3.8, 4) is 6.07 Å². The summed E-state index contributed by atoms with van der Waals surface area (Å²) in [6.45, 7) is -0.00316. The van der Waals surface area contributed by atoms with E-state index >= 15 is 0 Å². The number of rotatable bonds is 4. The lowest BCUT2D eigenvalue weighted by atomic mass is 9.93. The lowest BCUT2D eigenvalue weighted by molar-refractivity contribution is -0.384. The highest BCUT2D eigenvalue weighted by atomic mass is 35.5. The monoisotopic (exact) mass is 321 g/mol. The average molecular weight is 322 g/mol. The summed E-state index contributed by atoms with van der Waals surface area (Å²) in [5.41, 5.74) is 0.0409. The zero-order chi connectivity index (χ0) is 16.1. The smallest absolute Gasteiger partial charge is 0.270 e. The van der Waals surface area contributed by atoms with Gasteiger partial charge in [-0.1, -0.05) is 30.9 Å². The zero-order valence-electron chi connectivity index (χ0n) is 12.0. The molecule has 0 atom stereocenters. The Labute approximate surface area is 133 Å². The van der Waals surface area contributed by atoms with E-state index in [4.69, 9.17) is 16.9 Å². The van der Waals surface area contributed by atoms with Crippen LogP contribution in [0, 0.1) is 21.4 Å². The van der Waals surface area contributed by atoms with Gasteiger partial charge in [0.25, 0.3) is 11.6 Å². The van der Waals surface area contributed by atoms with E-state index in [1.807, 2.05) is 6.07 Å². The van der Waals surface area contributed by atoms with Crippen molar-refractivity contribution in [3.05, 3.63) is 38.9 Å². The van der Waals surface area contributed by atoms with Crippen molar-refractivity contribution < 1.29 is 9.72 Å². The molecule has 0 aliphatic heterocycles. The second kappa shape index (κ2) is 7.23. The molecule has 0 bridgehead atoms. The fraction of sp³-hybridized carbons (Fsp3) is 0.467. The molecule has 7 heteroatoms. The number of hydrogen-bond acceptors (Lipinski definition) is 4. The topological polar surface area (TPSA) is 87.2 Å². The Balaban J connectivity index is 2.26. The number of carbonyl (C=O) groups is 1. The lowest BCUT2D eigenvalue weighted by Gasteiger charge is -2.32. The second-order valence-electron chi connectivity index (χ2n) is 5.30. The molecule has 1 amide bonds. The summed E-state index contributed by atoms with van der Waals surface area (Å²) < 4.78 is 0. The van der Waals surface area contributed by atoms with Crippen molar-refractivity contribution >= 4 is 23.2 Å². The van der Waals surface area contributed by atoms with Gasteiger partial charge in [0.05, 0.1) is 21.6 Å². The predicted octanol–water partition coefficient (Wildman–Crippen LogP) is 3.55. The van der Waals surface area contributed by atoms with Gasteiger partial charge in [0.2, 0.25) is 0 Å². The van der Waals surface area contributed by atoms with Gasteiger partial charge in [0, 0.05) is 18.2 Å². The number of nitrogens with zero attached hydrogens (tertiary/aromatic N) is 3. The number of nitriles is 1. The summed E-state index contributed by atoms with van der Waals surface area (Å²) >= 11 is 6.02. The number of hydrogen-bond donors (Lipinski definition) is 0. The Kier molecular flexibility index (Phi) is 5.34. The first-order valence-electron chi connectivity index (χ1n) is 7.16. The average Bonchev–Trinajstić information content (AvgIpc) is 2.52. The molecule has 0 unspecified atom stereocenters. The maximum Gasteiger partial charge on any atom is 0.270 e. The highest BCUT2D eigenvalue weighted by Gasteiger charge is 2.27. The maximum absolute atomic E-state index is 12.7. The molecular weight excluding hydrogens is 306 g/mol. The number of benzene rings is 1. The van der Waals surface area contributed by atoms with E-state index in [-0.39, 0.29) is 34.8 Å². The van der Waals surface area contributed by atoms with E-state index < -0.39 is 4.92 Å². The molecule has 1 saturated carbocycles. The minimum absolute atomic E-state index is 0.00316. The molecule has 6 nitrogen and oxygen atoms in total. The zero-order valence-corrected chi connectivity index (χ0v) is 12.8. The molecule has 0 N–H and O–H groups in total. The van der Waals surface area contributed by atoms with E-state index in [1.54, 1.807) is 0 Å².